The zero-order chi connectivity index (χ0) is 35.6. The molecular weight excluding hydrogens is 633 g/mol. The van der Waals surface area contributed by atoms with Gasteiger partial charge in [-0.25, -0.2) is 15.0 Å². The lowest BCUT2D eigenvalue weighted by molar-refractivity contribution is -0.274. The first-order valence-electron chi connectivity index (χ1n) is 14.0. The maximum absolute atomic E-state index is 12.1. The molecule has 0 fully saturated rings. The predicted molar refractivity (Wildman–Crippen MR) is 185 cm³/mol. The molecule has 10 nitrogen and oxygen atoms in total. The number of hydrogen-bond donors (Lipinski definition) is 3. The van der Waals surface area contributed by atoms with E-state index in [1.807, 2.05) is 32.8 Å². The van der Waals surface area contributed by atoms with Crippen LogP contribution in [0.4, 0.5) is 24.5 Å². The van der Waals surface area contributed by atoms with Gasteiger partial charge in [0.15, 0.2) is 5.17 Å². The summed E-state index contributed by atoms with van der Waals surface area (Å²) in [4.78, 5) is 20.4. The molecule has 14 heteroatoms. The number of halogens is 3. The fraction of sp³-hybridized carbons (Fsp3) is 0.303. The van der Waals surface area contributed by atoms with Crippen LogP contribution in [0.15, 0.2) is 75.6 Å². The Morgan fingerprint density at radius 1 is 0.979 bits per heavy atom. The molecule has 0 spiro atoms. The van der Waals surface area contributed by atoms with E-state index in [9.17, 15) is 13.2 Å². The molecule has 0 aliphatic rings. The fourth-order valence-electron chi connectivity index (χ4n) is 3.60. The van der Waals surface area contributed by atoms with Gasteiger partial charge in [-0.15, -0.1) is 13.2 Å². The number of benzene rings is 3. The van der Waals surface area contributed by atoms with E-state index in [1.165, 1.54) is 30.2 Å². The number of aliphatic imine (C=N–C) groups is 3. The summed E-state index contributed by atoms with van der Waals surface area (Å²) in [5.74, 6) is 1.80. The molecule has 0 aromatic heterocycles. The number of aryl methyl sites for hydroxylation is 2. The van der Waals surface area contributed by atoms with Crippen LogP contribution < -0.4 is 20.9 Å². The van der Waals surface area contributed by atoms with Gasteiger partial charge in [-0.3, -0.25) is 0 Å². The van der Waals surface area contributed by atoms with Crippen molar-refractivity contribution in [1.29, 1.82) is 5.41 Å². The number of ether oxygens (including phenoxy) is 3. The summed E-state index contributed by atoms with van der Waals surface area (Å²) >= 11 is 1.41. The van der Waals surface area contributed by atoms with E-state index in [2.05, 4.69) is 33.6 Å². The Hall–Kier alpha value is -4.69. The molecule has 0 heterocycles. The molecule has 0 bridgehead atoms. The number of amidine groups is 2. The van der Waals surface area contributed by atoms with Crippen molar-refractivity contribution in [3.05, 3.63) is 82.9 Å². The molecule has 0 aliphatic heterocycles. The molecule has 3 aromatic rings. The van der Waals surface area contributed by atoms with Gasteiger partial charge < -0.3 is 35.9 Å². The topological polar surface area (TPSA) is 158 Å². The summed E-state index contributed by atoms with van der Waals surface area (Å²) in [7, 11) is 1.66. The number of nitrogens with two attached hydrogens (primary N) is 2. The number of thioether (sulfide) groups is 1. The summed E-state index contributed by atoms with van der Waals surface area (Å²) in [6.45, 7) is 12.7. The van der Waals surface area contributed by atoms with Crippen LogP contribution in [0.3, 0.4) is 0 Å². The minimum atomic E-state index is -4.73. The molecule has 0 aliphatic carbocycles. The smallest absolute Gasteiger partial charge is 0.497 e. The number of carbonyl (C=O) groups excluding carboxylic acids is 1. The third kappa shape index (κ3) is 15.9. The second-order valence-electron chi connectivity index (χ2n) is 10.1. The van der Waals surface area contributed by atoms with Gasteiger partial charge in [0.05, 0.1) is 31.0 Å². The second-order valence-corrected chi connectivity index (χ2v) is 11.0. The zero-order valence-corrected chi connectivity index (χ0v) is 28.0. The first-order chi connectivity index (χ1) is 22.2. The van der Waals surface area contributed by atoms with Gasteiger partial charge in [0.1, 0.15) is 30.5 Å². The average molecular weight is 675 g/mol. The largest absolute Gasteiger partial charge is 0.573 e. The van der Waals surface area contributed by atoms with Crippen molar-refractivity contribution in [3.63, 3.8) is 0 Å². The normalized spacial score (nSPS) is 11.8. The van der Waals surface area contributed by atoms with E-state index in [0.29, 0.717) is 34.0 Å². The van der Waals surface area contributed by atoms with Crippen molar-refractivity contribution >= 4 is 53.0 Å². The molecule has 47 heavy (non-hydrogen) atoms. The van der Waals surface area contributed by atoms with Gasteiger partial charge in [-0.2, -0.15) is 0 Å². The summed E-state index contributed by atoms with van der Waals surface area (Å²) < 4.78 is 50.7. The monoisotopic (exact) mass is 674 g/mol. The molecule has 3 aromatic carbocycles. The van der Waals surface area contributed by atoms with Crippen LogP contribution in [0.25, 0.3) is 0 Å². The summed E-state index contributed by atoms with van der Waals surface area (Å²) in [5, 5.41) is 8.05. The van der Waals surface area contributed by atoms with E-state index in [0.717, 1.165) is 46.9 Å². The van der Waals surface area contributed by atoms with Gasteiger partial charge >= 0.3 is 6.36 Å². The van der Waals surface area contributed by atoms with Gasteiger partial charge in [-0.05, 0) is 79.8 Å². The number of methoxy groups -OCH3 is 1. The van der Waals surface area contributed by atoms with Crippen LogP contribution in [0.5, 0.6) is 11.5 Å². The van der Waals surface area contributed by atoms with Gasteiger partial charge in [0, 0.05) is 11.3 Å². The van der Waals surface area contributed by atoms with Gasteiger partial charge in [0.25, 0.3) is 0 Å². The van der Waals surface area contributed by atoms with Crippen LogP contribution in [-0.2, 0) is 9.53 Å². The minimum Gasteiger partial charge on any atom is -0.497 e. The van der Waals surface area contributed by atoms with Crippen LogP contribution in [-0.4, -0.2) is 55.9 Å². The fourth-order valence-corrected chi connectivity index (χ4v) is 4.05. The number of rotatable bonds is 11. The first-order valence-corrected chi connectivity index (χ1v) is 15.0. The SMILES string of the molecule is C=O.CC(=N)c1ccc(C(N)=NC=Nc2ccc(OC(F)(F)F)cc2)cc1.COc1cc(C)c(N=C(N)SCOCC(C)C)c(C)c1. The highest BCUT2D eigenvalue weighted by molar-refractivity contribution is 8.13. The summed E-state index contributed by atoms with van der Waals surface area (Å²) in [6.07, 6.45) is -3.51. The first kappa shape index (κ1) is 40.3. The van der Waals surface area contributed by atoms with Crippen molar-refractivity contribution in [2.24, 2.45) is 32.4 Å². The molecule has 0 amide bonds. The Bertz CT molecular complexity index is 1490. The van der Waals surface area contributed by atoms with E-state index in [-0.39, 0.29) is 11.6 Å². The highest BCUT2D eigenvalue weighted by Crippen LogP contribution is 2.29. The molecule has 0 unspecified atom stereocenters. The third-order valence-electron chi connectivity index (χ3n) is 5.75. The van der Waals surface area contributed by atoms with Crippen LogP contribution in [0.2, 0.25) is 0 Å². The lowest BCUT2D eigenvalue weighted by Crippen LogP contribution is -2.16. The third-order valence-corrected chi connectivity index (χ3v) is 6.42. The molecule has 0 atom stereocenters. The van der Waals surface area contributed by atoms with Crippen molar-refractivity contribution in [2.45, 2.75) is 41.0 Å². The molecule has 0 saturated heterocycles. The highest BCUT2D eigenvalue weighted by atomic mass is 32.2. The Labute approximate surface area is 277 Å². The van der Waals surface area contributed by atoms with Crippen LogP contribution >= 0.6 is 11.8 Å². The van der Waals surface area contributed by atoms with Crippen LogP contribution in [0, 0.1) is 25.2 Å². The Balaban J connectivity index is 0.000000457. The lowest BCUT2D eigenvalue weighted by Gasteiger charge is -2.10. The van der Waals surface area contributed by atoms with E-state index in [4.69, 9.17) is 31.1 Å². The summed E-state index contributed by atoms with van der Waals surface area (Å²) in [5.41, 5.74) is 17.1. The Morgan fingerprint density at radius 2 is 1.53 bits per heavy atom. The molecule has 5 N–H and O–H groups in total. The zero-order valence-electron chi connectivity index (χ0n) is 27.2. The Kier molecular flexibility index (Phi) is 17.5. The molecule has 254 valence electrons. The Morgan fingerprint density at radius 3 is 2.02 bits per heavy atom. The van der Waals surface area contributed by atoms with Crippen molar-refractivity contribution in [3.8, 4) is 11.5 Å². The van der Waals surface area contributed by atoms with E-state index < -0.39 is 6.36 Å². The minimum absolute atomic E-state index is 0.231. The van der Waals surface area contributed by atoms with Crippen LogP contribution in [0.1, 0.15) is 43.0 Å². The predicted octanol–water partition coefficient (Wildman–Crippen LogP) is 7.47. The van der Waals surface area contributed by atoms with Crippen molar-refractivity contribution < 1.29 is 32.2 Å². The number of nitrogens with one attached hydrogen (secondary N) is 1. The maximum Gasteiger partial charge on any atom is 0.573 e. The number of alkyl halides is 3. The standard InChI is InChI=1S/C17H15F3N4O.C15H24N2O2S.CH2O/c1-11(21)12-2-4-13(5-3-12)16(22)24-10-23-14-6-8-15(9-7-14)25-17(18,19)20;1-10(2)8-19-9-20-15(16)17-14-11(3)6-13(18-5)7-12(14)4;1-2/h2-10,21H,1H3,(H2,22,23,24);6-7,10H,8-9H2,1-5H3,(H2,16,17);1H2. The molecule has 0 radical (unpaired) electrons. The van der Waals surface area contributed by atoms with E-state index in [1.54, 1.807) is 38.3 Å². The highest BCUT2D eigenvalue weighted by Gasteiger charge is 2.30. The molecule has 3 rings (SSSR count). The van der Waals surface area contributed by atoms with Crippen molar-refractivity contribution in [1.82, 2.24) is 0 Å². The lowest BCUT2D eigenvalue weighted by atomic mass is 10.1. The number of carbonyl (C=O) groups is 1. The number of nitrogens with zero attached hydrogens (tertiary/aromatic N) is 3. The van der Waals surface area contributed by atoms with Gasteiger partial charge in [-0.1, -0.05) is 49.9 Å². The average Bonchev–Trinajstić information content (AvgIpc) is 3.02. The van der Waals surface area contributed by atoms with Gasteiger partial charge in [0.2, 0.25) is 0 Å². The quantitative estimate of drug-likeness (QED) is 0.0824. The molecule has 0 saturated carbocycles. The number of hydrogen-bond acceptors (Lipinski definition) is 8. The second kappa shape index (κ2) is 20.4. The molecular formula is C33H41F3N6O4S. The van der Waals surface area contributed by atoms with E-state index >= 15 is 0 Å². The summed E-state index contributed by atoms with van der Waals surface area (Å²) in [6, 6.07) is 16.0. The van der Waals surface area contributed by atoms with Crippen molar-refractivity contribution in [2.75, 3.05) is 19.7 Å². The maximum atomic E-state index is 12.1.